The highest BCUT2D eigenvalue weighted by Crippen LogP contribution is 2.39. The first kappa shape index (κ1) is 16.8. The summed E-state index contributed by atoms with van der Waals surface area (Å²) in [6, 6.07) is 1.46. The molecule has 1 saturated heterocycles. The van der Waals surface area contributed by atoms with Gasteiger partial charge in [-0.15, -0.1) is 0 Å². The molecule has 1 aliphatic rings. The molecule has 0 spiro atoms. The molecule has 0 atom stereocenters. The lowest BCUT2D eigenvalue weighted by Gasteiger charge is -2.32. The molecular weight excluding hydrogens is 355 g/mol. The zero-order valence-corrected chi connectivity index (χ0v) is 13.5. The van der Waals surface area contributed by atoms with Crippen LogP contribution in [-0.2, 0) is 15.5 Å². The van der Waals surface area contributed by atoms with Crippen molar-refractivity contribution in [2.75, 3.05) is 0 Å². The topological polar surface area (TPSA) is 18.5 Å². The minimum atomic E-state index is -4.59. The van der Waals surface area contributed by atoms with Crippen LogP contribution >= 0.6 is 15.9 Å². The summed E-state index contributed by atoms with van der Waals surface area (Å²) in [5.74, 6) is -0.812. The lowest BCUT2D eigenvalue weighted by atomic mass is 9.78. The van der Waals surface area contributed by atoms with E-state index in [4.69, 9.17) is 9.31 Å². The normalized spacial score (nSPS) is 20.9. The summed E-state index contributed by atoms with van der Waals surface area (Å²) in [5, 5.41) is 0. The Bertz CT molecular complexity index is 556. The van der Waals surface area contributed by atoms with Gasteiger partial charge in [0.05, 0.1) is 16.8 Å². The van der Waals surface area contributed by atoms with Gasteiger partial charge in [-0.05, 0) is 39.8 Å². The second kappa shape index (κ2) is 4.96. The van der Waals surface area contributed by atoms with Gasteiger partial charge in [-0.1, -0.05) is 15.9 Å². The largest absolute Gasteiger partial charge is 0.499 e. The monoisotopic (exact) mass is 368 g/mol. The van der Waals surface area contributed by atoms with Crippen molar-refractivity contribution in [3.8, 4) is 0 Å². The average Bonchev–Trinajstić information content (AvgIpc) is 2.45. The van der Waals surface area contributed by atoms with Crippen LogP contribution in [0, 0.1) is 5.82 Å². The number of halogens is 5. The molecule has 1 aliphatic heterocycles. The van der Waals surface area contributed by atoms with Crippen molar-refractivity contribution < 1.29 is 26.9 Å². The van der Waals surface area contributed by atoms with Crippen LogP contribution in [0.4, 0.5) is 17.6 Å². The van der Waals surface area contributed by atoms with Crippen LogP contribution in [0.5, 0.6) is 0 Å². The Hall–Kier alpha value is -0.595. The molecule has 1 aromatic rings. The van der Waals surface area contributed by atoms with Gasteiger partial charge in [-0.2, -0.15) is 13.2 Å². The van der Waals surface area contributed by atoms with Crippen molar-refractivity contribution in [1.82, 2.24) is 0 Å². The predicted octanol–water partition coefficient (Wildman–Crippen LogP) is 3.91. The van der Waals surface area contributed by atoms with E-state index >= 15 is 0 Å². The SMILES string of the molecule is CC1(C)OB(c2c(F)ccc(C(F)(F)F)c2Br)OC1(C)C. The van der Waals surface area contributed by atoms with E-state index in [2.05, 4.69) is 15.9 Å². The summed E-state index contributed by atoms with van der Waals surface area (Å²) in [5.41, 5.74) is -2.77. The number of benzene rings is 1. The molecule has 0 bridgehead atoms. The van der Waals surface area contributed by atoms with Crippen LogP contribution < -0.4 is 5.46 Å². The maximum Gasteiger partial charge on any atom is 0.499 e. The third kappa shape index (κ3) is 2.85. The van der Waals surface area contributed by atoms with Crippen molar-refractivity contribution >= 4 is 28.5 Å². The summed E-state index contributed by atoms with van der Waals surface area (Å²) in [6.07, 6.45) is -4.59. The predicted molar refractivity (Wildman–Crippen MR) is 74.8 cm³/mol. The summed E-state index contributed by atoms with van der Waals surface area (Å²) in [6.45, 7) is 6.97. The molecule has 116 valence electrons. The van der Waals surface area contributed by atoms with Crippen LogP contribution in [0.15, 0.2) is 16.6 Å². The molecule has 21 heavy (non-hydrogen) atoms. The lowest BCUT2D eigenvalue weighted by Crippen LogP contribution is -2.41. The quantitative estimate of drug-likeness (QED) is 0.552. The van der Waals surface area contributed by atoms with Crippen LogP contribution in [0.25, 0.3) is 0 Å². The Morgan fingerprint density at radius 1 is 1.05 bits per heavy atom. The Balaban J connectivity index is 2.51. The van der Waals surface area contributed by atoms with Gasteiger partial charge >= 0.3 is 13.3 Å². The fourth-order valence-corrected chi connectivity index (χ4v) is 2.70. The third-order valence-electron chi connectivity index (χ3n) is 3.92. The second-order valence-electron chi connectivity index (χ2n) is 5.91. The molecule has 0 unspecified atom stereocenters. The van der Waals surface area contributed by atoms with Gasteiger partial charge in [-0.3, -0.25) is 0 Å². The van der Waals surface area contributed by atoms with Gasteiger partial charge in [0.15, 0.2) is 0 Å². The molecule has 0 amide bonds. The highest BCUT2D eigenvalue weighted by atomic mass is 79.9. The molecule has 0 saturated carbocycles. The summed E-state index contributed by atoms with van der Waals surface area (Å²) in [7, 11) is -1.20. The van der Waals surface area contributed by atoms with Gasteiger partial charge in [0, 0.05) is 9.94 Å². The van der Waals surface area contributed by atoms with Gasteiger partial charge < -0.3 is 9.31 Å². The minimum Gasteiger partial charge on any atom is -0.399 e. The molecule has 0 aromatic heterocycles. The van der Waals surface area contributed by atoms with E-state index < -0.39 is 40.4 Å². The number of rotatable bonds is 1. The maximum absolute atomic E-state index is 14.0. The molecule has 1 aromatic carbocycles. The zero-order chi connectivity index (χ0) is 16.2. The third-order valence-corrected chi connectivity index (χ3v) is 4.78. The molecule has 1 heterocycles. The molecule has 0 aliphatic carbocycles. The summed E-state index contributed by atoms with van der Waals surface area (Å²) < 4.78 is 63.6. The van der Waals surface area contributed by atoms with E-state index in [-0.39, 0.29) is 5.46 Å². The highest BCUT2D eigenvalue weighted by molar-refractivity contribution is 9.10. The Labute approximate surface area is 129 Å². The van der Waals surface area contributed by atoms with E-state index in [0.29, 0.717) is 6.07 Å². The van der Waals surface area contributed by atoms with Crippen LogP contribution in [0.3, 0.4) is 0 Å². The number of alkyl halides is 3. The van der Waals surface area contributed by atoms with Crippen LogP contribution in [-0.4, -0.2) is 18.3 Å². The van der Waals surface area contributed by atoms with Crippen molar-refractivity contribution in [3.63, 3.8) is 0 Å². The highest BCUT2D eigenvalue weighted by Gasteiger charge is 2.53. The zero-order valence-electron chi connectivity index (χ0n) is 11.9. The second-order valence-corrected chi connectivity index (χ2v) is 6.70. The molecule has 1 fully saturated rings. The Morgan fingerprint density at radius 3 is 1.95 bits per heavy atom. The van der Waals surface area contributed by atoms with Gasteiger partial charge in [0.25, 0.3) is 0 Å². The minimum absolute atomic E-state index is 0.275. The van der Waals surface area contributed by atoms with Crippen molar-refractivity contribution in [3.05, 3.63) is 28.0 Å². The molecule has 2 nitrogen and oxygen atoms in total. The van der Waals surface area contributed by atoms with Crippen molar-refractivity contribution in [1.29, 1.82) is 0 Å². The first-order valence-electron chi connectivity index (χ1n) is 6.27. The van der Waals surface area contributed by atoms with Gasteiger partial charge in [0.1, 0.15) is 5.82 Å². The molecular formula is C13H14BBrF4O2. The molecule has 0 N–H and O–H groups in total. The average molecular weight is 369 g/mol. The van der Waals surface area contributed by atoms with Crippen LogP contribution in [0.1, 0.15) is 33.3 Å². The van der Waals surface area contributed by atoms with E-state index in [1.165, 1.54) is 0 Å². The van der Waals surface area contributed by atoms with E-state index in [9.17, 15) is 17.6 Å². The Morgan fingerprint density at radius 2 is 1.52 bits per heavy atom. The lowest BCUT2D eigenvalue weighted by molar-refractivity contribution is -0.138. The molecule has 8 heteroatoms. The standard InChI is InChI=1S/C13H14BBrF4O2/c1-11(2)12(3,4)21-14(20-11)9-8(16)6-5-7(10(9)15)13(17,18)19/h5-6H,1-4H3. The molecule has 2 rings (SSSR count). The van der Waals surface area contributed by atoms with E-state index in [1.807, 2.05) is 0 Å². The summed E-state index contributed by atoms with van der Waals surface area (Å²) in [4.78, 5) is 0. The smallest absolute Gasteiger partial charge is 0.399 e. The van der Waals surface area contributed by atoms with Crippen molar-refractivity contribution in [2.24, 2.45) is 0 Å². The van der Waals surface area contributed by atoms with Gasteiger partial charge in [-0.25, -0.2) is 4.39 Å². The molecule has 0 radical (unpaired) electrons. The first-order valence-corrected chi connectivity index (χ1v) is 7.07. The van der Waals surface area contributed by atoms with Gasteiger partial charge in [0.2, 0.25) is 0 Å². The maximum atomic E-state index is 14.0. The van der Waals surface area contributed by atoms with Crippen molar-refractivity contribution in [2.45, 2.75) is 45.1 Å². The summed E-state index contributed by atoms with van der Waals surface area (Å²) >= 11 is 2.83. The first-order chi connectivity index (χ1) is 9.37. The number of hydrogen-bond donors (Lipinski definition) is 0. The fraction of sp³-hybridized carbons (Fsp3) is 0.538. The number of hydrogen-bond acceptors (Lipinski definition) is 2. The fourth-order valence-electron chi connectivity index (χ4n) is 1.97. The Kier molecular flexibility index (Phi) is 3.96. The van der Waals surface area contributed by atoms with E-state index in [1.54, 1.807) is 27.7 Å². The van der Waals surface area contributed by atoms with E-state index in [0.717, 1.165) is 6.07 Å². The van der Waals surface area contributed by atoms with Crippen LogP contribution in [0.2, 0.25) is 0 Å².